The lowest BCUT2D eigenvalue weighted by Gasteiger charge is -2.11. The molecule has 0 radical (unpaired) electrons. The minimum Gasteiger partial charge on any atom is -0.380 e. The molecule has 0 saturated carbocycles. The SMILES string of the molecule is COC1CNC(C(=O)NCc2ccc(C)c(F)c2)C1. The maximum absolute atomic E-state index is 13.4. The maximum Gasteiger partial charge on any atom is 0.237 e. The van der Waals surface area contributed by atoms with E-state index in [1.54, 1.807) is 20.1 Å². The summed E-state index contributed by atoms with van der Waals surface area (Å²) in [6.45, 7) is 2.74. The predicted molar refractivity (Wildman–Crippen MR) is 70.2 cm³/mol. The van der Waals surface area contributed by atoms with Crippen LogP contribution < -0.4 is 10.6 Å². The Bertz CT molecular complexity index is 465. The molecule has 2 atom stereocenters. The van der Waals surface area contributed by atoms with E-state index in [1.807, 2.05) is 6.07 Å². The Morgan fingerprint density at radius 2 is 2.37 bits per heavy atom. The van der Waals surface area contributed by atoms with Crippen molar-refractivity contribution < 1.29 is 13.9 Å². The first-order chi connectivity index (χ1) is 9.10. The molecule has 2 rings (SSSR count). The van der Waals surface area contributed by atoms with Crippen molar-refractivity contribution in [3.63, 3.8) is 0 Å². The van der Waals surface area contributed by atoms with E-state index in [4.69, 9.17) is 4.74 Å². The van der Waals surface area contributed by atoms with Crippen LogP contribution in [0.3, 0.4) is 0 Å². The summed E-state index contributed by atoms with van der Waals surface area (Å²) in [4.78, 5) is 11.9. The Balaban J connectivity index is 1.85. The zero-order valence-corrected chi connectivity index (χ0v) is 11.2. The van der Waals surface area contributed by atoms with Gasteiger partial charge in [0, 0.05) is 20.2 Å². The van der Waals surface area contributed by atoms with E-state index in [1.165, 1.54) is 6.07 Å². The zero-order chi connectivity index (χ0) is 13.8. The lowest BCUT2D eigenvalue weighted by molar-refractivity contribution is -0.123. The van der Waals surface area contributed by atoms with E-state index in [-0.39, 0.29) is 23.9 Å². The Labute approximate surface area is 112 Å². The summed E-state index contributed by atoms with van der Waals surface area (Å²) < 4.78 is 18.6. The third-order valence-electron chi connectivity index (χ3n) is 3.44. The van der Waals surface area contributed by atoms with Gasteiger partial charge in [-0.05, 0) is 30.5 Å². The van der Waals surface area contributed by atoms with Crippen LogP contribution in [0.5, 0.6) is 0 Å². The van der Waals surface area contributed by atoms with Gasteiger partial charge in [-0.3, -0.25) is 4.79 Å². The van der Waals surface area contributed by atoms with E-state index in [2.05, 4.69) is 10.6 Å². The molecule has 1 heterocycles. The molecule has 104 valence electrons. The van der Waals surface area contributed by atoms with Crippen LogP contribution in [-0.2, 0) is 16.1 Å². The number of hydrogen-bond donors (Lipinski definition) is 2. The standard InChI is InChI=1S/C14H19FN2O2/c1-9-3-4-10(5-12(9)15)7-17-14(18)13-6-11(19-2)8-16-13/h3-5,11,13,16H,6-8H2,1-2H3,(H,17,18). The number of benzene rings is 1. The molecule has 2 unspecified atom stereocenters. The van der Waals surface area contributed by atoms with Gasteiger partial charge in [-0.1, -0.05) is 12.1 Å². The van der Waals surface area contributed by atoms with Crippen LogP contribution in [0, 0.1) is 12.7 Å². The number of halogens is 1. The van der Waals surface area contributed by atoms with Gasteiger partial charge in [0.05, 0.1) is 12.1 Å². The molecule has 0 aliphatic carbocycles. The van der Waals surface area contributed by atoms with Gasteiger partial charge >= 0.3 is 0 Å². The van der Waals surface area contributed by atoms with Crippen LogP contribution in [0.4, 0.5) is 4.39 Å². The van der Waals surface area contributed by atoms with Crippen molar-refractivity contribution in [2.45, 2.75) is 32.0 Å². The highest BCUT2D eigenvalue weighted by atomic mass is 19.1. The molecular weight excluding hydrogens is 247 g/mol. The van der Waals surface area contributed by atoms with Crippen LogP contribution in [0.1, 0.15) is 17.5 Å². The van der Waals surface area contributed by atoms with Crippen LogP contribution in [-0.4, -0.2) is 31.7 Å². The molecule has 0 aromatic heterocycles. The fourth-order valence-corrected chi connectivity index (χ4v) is 2.14. The van der Waals surface area contributed by atoms with E-state index >= 15 is 0 Å². The molecular formula is C14H19FN2O2. The van der Waals surface area contributed by atoms with Crippen molar-refractivity contribution in [2.75, 3.05) is 13.7 Å². The van der Waals surface area contributed by atoms with Crippen LogP contribution in [0.15, 0.2) is 18.2 Å². The van der Waals surface area contributed by atoms with Crippen molar-refractivity contribution in [1.82, 2.24) is 10.6 Å². The molecule has 5 heteroatoms. The number of methoxy groups -OCH3 is 1. The molecule has 1 saturated heterocycles. The van der Waals surface area contributed by atoms with Gasteiger partial charge < -0.3 is 15.4 Å². The highest BCUT2D eigenvalue weighted by Gasteiger charge is 2.28. The van der Waals surface area contributed by atoms with Crippen molar-refractivity contribution in [2.24, 2.45) is 0 Å². The van der Waals surface area contributed by atoms with Gasteiger partial charge in [0.2, 0.25) is 5.91 Å². The summed E-state index contributed by atoms with van der Waals surface area (Å²) in [6, 6.07) is 4.76. The summed E-state index contributed by atoms with van der Waals surface area (Å²) in [5, 5.41) is 5.91. The number of rotatable bonds is 4. The highest BCUT2D eigenvalue weighted by Crippen LogP contribution is 2.11. The topological polar surface area (TPSA) is 50.4 Å². The molecule has 1 aromatic rings. The average molecular weight is 266 g/mol. The van der Waals surface area contributed by atoms with Crippen molar-refractivity contribution in [3.8, 4) is 0 Å². The third-order valence-corrected chi connectivity index (χ3v) is 3.44. The van der Waals surface area contributed by atoms with Gasteiger partial charge in [0.25, 0.3) is 0 Å². The van der Waals surface area contributed by atoms with E-state index in [9.17, 15) is 9.18 Å². The number of carbonyl (C=O) groups excluding carboxylic acids is 1. The Kier molecular flexibility index (Phi) is 4.50. The first kappa shape index (κ1) is 14.0. The number of amides is 1. The fourth-order valence-electron chi connectivity index (χ4n) is 2.14. The van der Waals surface area contributed by atoms with Crippen LogP contribution in [0.25, 0.3) is 0 Å². The second kappa shape index (κ2) is 6.12. The van der Waals surface area contributed by atoms with Crippen molar-refractivity contribution in [3.05, 3.63) is 35.1 Å². The summed E-state index contributed by atoms with van der Waals surface area (Å²) in [5.41, 5.74) is 1.37. The zero-order valence-electron chi connectivity index (χ0n) is 11.2. The Hall–Kier alpha value is -1.46. The Morgan fingerprint density at radius 1 is 1.58 bits per heavy atom. The fraction of sp³-hybridized carbons (Fsp3) is 0.500. The average Bonchev–Trinajstić information content (AvgIpc) is 2.88. The van der Waals surface area contributed by atoms with Gasteiger partial charge in [-0.15, -0.1) is 0 Å². The lowest BCUT2D eigenvalue weighted by Crippen LogP contribution is -2.40. The van der Waals surface area contributed by atoms with E-state index in [0.29, 0.717) is 25.1 Å². The first-order valence-corrected chi connectivity index (χ1v) is 6.39. The summed E-state index contributed by atoms with van der Waals surface area (Å²) in [6.07, 6.45) is 0.762. The molecule has 19 heavy (non-hydrogen) atoms. The molecule has 1 aromatic carbocycles. The minimum atomic E-state index is -0.245. The molecule has 1 aliphatic rings. The number of carbonyl (C=O) groups is 1. The normalized spacial score (nSPS) is 22.5. The molecule has 0 spiro atoms. The van der Waals surface area contributed by atoms with Crippen molar-refractivity contribution in [1.29, 1.82) is 0 Å². The maximum atomic E-state index is 13.4. The quantitative estimate of drug-likeness (QED) is 0.859. The smallest absolute Gasteiger partial charge is 0.237 e. The van der Waals surface area contributed by atoms with Gasteiger partial charge in [0.1, 0.15) is 5.82 Å². The minimum absolute atomic E-state index is 0.0690. The third kappa shape index (κ3) is 3.52. The molecule has 2 N–H and O–H groups in total. The molecule has 1 fully saturated rings. The van der Waals surface area contributed by atoms with Gasteiger partial charge in [-0.25, -0.2) is 4.39 Å². The number of hydrogen-bond acceptors (Lipinski definition) is 3. The van der Waals surface area contributed by atoms with Gasteiger partial charge in [-0.2, -0.15) is 0 Å². The lowest BCUT2D eigenvalue weighted by atomic mass is 10.1. The summed E-state index contributed by atoms with van der Waals surface area (Å²) in [7, 11) is 1.64. The second-order valence-electron chi connectivity index (χ2n) is 4.86. The second-order valence-corrected chi connectivity index (χ2v) is 4.86. The largest absolute Gasteiger partial charge is 0.380 e. The van der Waals surface area contributed by atoms with Crippen molar-refractivity contribution >= 4 is 5.91 Å². The van der Waals surface area contributed by atoms with E-state index in [0.717, 1.165) is 5.56 Å². The first-order valence-electron chi connectivity index (χ1n) is 6.39. The number of ether oxygens (including phenoxy) is 1. The number of nitrogens with one attached hydrogen (secondary N) is 2. The molecule has 0 bridgehead atoms. The highest BCUT2D eigenvalue weighted by molar-refractivity contribution is 5.82. The van der Waals surface area contributed by atoms with Crippen LogP contribution in [0.2, 0.25) is 0 Å². The Morgan fingerprint density at radius 3 is 3.00 bits per heavy atom. The molecule has 1 aliphatic heterocycles. The van der Waals surface area contributed by atoms with Crippen LogP contribution >= 0.6 is 0 Å². The monoisotopic (exact) mass is 266 g/mol. The van der Waals surface area contributed by atoms with E-state index < -0.39 is 0 Å². The molecule has 1 amide bonds. The predicted octanol–water partition coefficient (Wildman–Crippen LogP) is 1.13. The molecule has 4 nitrogen and oxygen atoms in total. The summed E-state index contributed by atoms with van der Waals surface area (Å²) in [5.74, 6) is -0.314. The summed E-state index contributed by atoms with van der Waals surface area (Å²) >= 11 is 0. The number of aryl methyl sites for hydroxylation is 1. The van der Waals surface area contributed by atoms with Gasteiger partial charge in [0.15, 0.2) is 0 Å².